The number of ether oxygens (including phenoxy) is 2. The van der Waals surface area contributed by atoms with Gasteiger partial charge in [0.1, 0.15) is 5.82 Å². The first kappa shape index (κ1) is 19.9. The predicted molar refractivity (Wildman–Crippen MR) is 100.0 cm³/mol. The molecular weight excluding hydrogens is 382 g/mol. The maximum absolute atomic E-state index is 13.6. The minimum atomic E-state index is -1.04. The number of nitrogens with zero attached hydrogens (tertiary/aromatic N) is 4. The summed E-state index contributed by atoms with van der Waals surface area (Å²) in [6, 6.07) is 3.20. The maximum Gasteiger partial charge on any atom is 0.254 e. The van der Waals surface area contributed by atoms with Crippen LogP contribution in [0.1, 0.15) is 22.6 Å². The van der Waals surface area contributed by atoms with Gasteiger partial charge >= 0.3 is 0 Å². The predicted octanol–water partition coefficient (Wildman–Crippen LogP) is 1.79. The second-order valence-electron chi connectivity index (χ2n) is 7.48. The molecule has 0 aliphatic carbocycles. The van der Waals surface area contributed by atoms with E-state index in [9.17, 15) is 13.6 Å². The highest BCUT2D eigenvalue weighted by molar-refractivity contribution is 5.94. The van der Waals surface area contributed by atoms with Gasteiger partial charge in [0.15, 0.2) is 17.4 Å². The van der Waals surface area contributed by atoms with Gasteiger partial charge in [0.25, 0.3) is 5.91 Å². The molecule has 3 heterocycles. The Kier molecular flexibility index (Phi) is 5.62. The first-order chi connectivity index (χ1) is 14.0. The second kappa shape index (κ2) is 8.17. The van der Waals surface area contributed by atoms with Crippen molar-refractivity contribution in [1.29, 1.82) is 0 Å². The Balaban J connectivity index is 1.49. The molecule has 1 aromatic heterocycles. The Morgan fingerprint density at radius 2 is 2.00 bits per heavy atom. The number of hydrogen-bond donors (Lipinski definition) is 0. The molecule has 0 saturated carbocycles. The van der Waals surface area contributed by atoms with E-state index < -0.39 is 17.4 Å². The van der Waals surface area contributed by atoms with Crippen molar-refractivity contribution in [2.75, 3.05) is 39.4 Å². The minimum absolute atomic E-state index is 0.111. The van der Waals surface area contributed by atoms with Crippen LogP contribution in [0.4, 0.5) is 8.78 Å². The van der Waals surface area contributed by atoms with Crippen LogP contribution in [0.25, 0.3) is 0 Å². The van der Waals surface area contributed by atoms with E-state index in [2.05, 4.69) is 9.88 Å². The number of hydrogen-bond acceptors (Lipinski definition) is 5. The Hall–Kier alpha value is -2.36. The van der Waals surface area contributed by atoms with E-state index in [0.29, 0.717) is 32.8 Å². The Morgan fingerprint density at radius 1 is 1.17 bits per heavy atom. The number of morpholine rings is 1. The molecule has 2 aliphatic heterocycles. The molecule has 1 amide bonds. The number of carbonyl (C=O) groups is 1. The highest BCUT2D eigenvalue weighted by Crippen LogP contribution is 2.26. The van der Waals surface area contributed by atoms with Crippen LogP contribution in [-0.2, 0) is 23.1 Å². The topological polar surface area (TPSA) is 59.8 Å². The summed E-state index contributed by atoms with van der Waals surface area (Å²) < 4.78 is 40.8. The number of amides is 1. The van der Waals surface area contributed by atoms with Gasteiger partial charge in [-0.05, 0) is 24.6 Å². The van der Waals surface area contributed by atoms with Gasteiger partial charge in [-0.2, -0.15) is 0 Å². The normalized spacial score (nSPS) is 23.3. The summed E-state index contributed by atoms with van der Waals surface area (Å²) in [6.45, 7) is 3.38. The number of carbonyl (C=O) groups excluding carboxylic acids is 1. The van der Waals surface area contributed by atoms with E-state index in [1.54, 1.807) is 11.1 Å². The summed E-state index contributed by atoms with van der Waals surface area (Å²) in [5.74, 6) is -2.39. The van der Waals surface area contributed by atoms with Gasteiger partial charge in [0, 0.05) is 38.1 Å². The van der Waals surface area contributed by atoms with Crippen molar-refractivity contribution >= 4 is 5.91 Å². The van der Waals surface area contributed by atoms with E-state index in [1.807, 2.05) is 17.8 Å². The van der Waals surface area contributed by atoms with Crippen molar-refractivity contribution in [3.05, 3.63) is 53.6 Å². The van der Waals surface area contributed by atoms with Crippen LogP contribution in [0.2, 0.25) is 0 Å². The zero-order valence-corrected chi connectivity index (χ0v) is 16.3. The number of aromatic nitrogens is 2. The van der Waals surface area contributed by atoms with E-state index in [0.717, 1.165) is 30.9 Å². The minimum Gasteiger partial charge on any atom is -0.347 e. The smallest absolute Gasteiger partial charge is 0.254 e. The molecule has 0 N–H and O–H groups in total. The molecule has 1 unspecified atom stereocenters. The molecule has 0 bridgehead atoms. The lowest BCUT2D eigenvalue weighted by Gasteiger charge is -2.43. The molecule has 29 heavy (non-hydrogen) atoms. The SMILES string of the molecule is Cn1ccnc1CN1CCCOC2(C1)CN(C(=O)c1ccc(F)c(F)c1)CCO2. The summed E-state index contributed by atoms with van der Waals surface area (Å²) in [4.78, 5) is 21.0. The molecule has 4 rings (SSSR count). The van der Waals surface area contributed by atoms with Crippen molar-refractivity contribution < 1.29 is 23.0 Å². The van der Waals surface area contributed by atoms with Gasteiger partial charge in [0.2, 0.25) is 0 Å². The number of imidazole rings is 1. The first-order valence-electron chi connectivity index (χ1n) is 9.67. The third kappa shape index (κ3) is 4.31. The molecule has 156 valence electrons. The van der Waals surface area contributed by atoms with Gasteiger partial charge in [0.05, 0.1) is 32.8 Å². The molecular formula is C20H24F2N4O3. The molecule has 2 aliphatic rings. The average Bonchev–Trinajstić information content (AvgIpc) is 3.01. The highest BCUT2D eigenvalue weighted by atomic mass is 19.2. The molecule has 2 fully saturated rings. The quantitative estimate of drug-likeness (QED) is 0.778. The van der Waals surface area contributed by atoms with Crippen LogP contribution in [0, 0.1) is 11.6 Å². The third-order valence-corrected chi connectivity index (χ3v) is 5.35. The van der Waals surface area contributed by atoms with Crippen LogP contribution in [0.5, 0.6) is 0 Å². The molecule has 1 spiro atoms. The first-order valence-corrected chi connectivity index (χ1v) is 9.67. The lowest BCUT2D eigenvalue weighted by atomic mass is 10.1. The van der Waals surface area contributed by atoms with Crippen molar-refractivity contribution in [2.45, 2.75) is 18.8 Å². The van der Waals surface area contributed by atoms with Gasteiger partial charge in [-0.1, -0.05) is 0 Å². The molecule has 9 heteroatoms. The molecule has 1 atom stereocenters. The van der Waals surface area contributed by atoms with Crippen molar-refractivity contribution in [3.63, 3.8) is 0 Å². The van der Waals surface area contributed by atoms with E-state index in [1.165, 1.54) is 6.07 Å². The van der Waals surface area contributed by atoms with Crippen molar-refractivity contribution in [2.24, 2.45) is 7.05 Å². The van der Waals surface area contributed by atoms with Crippen LogP contribution in [0.3, 0.4) is 0 Å². The Morgan fingerprint density at radius 3 is 2.76 bits per heavy atom. The molecule has 2 aromatic rings. The molecule has 7 nitrogen and oxygen atoms in total. The van der Waals surface area contributed by atoms with E-state index >= 15 is 0 Å². The van der Waals surface area contributed by atoms with E-state index in [4.69, 9.17) is 9.47 Å². The maximum atomic E-state index is 13.6. The van der Waals surface area contributed by atoms with Gasteiger partial charge in [-0.15, -0.1) is 0 Å². The average molecular weight is 406 g/mol. The van der Waals surface area contributed by atoms with Gasteiger partial charge < -0.3 is 18.9 Å². The number of rotatable bonds is 3. The van der Waals surface area contributed by atoms with Crippen LogP contribution in [0.15, 0.2) is 30.6 Å². The summed E-state index contributed by atoms with van der Waals surface area (Å²) in [5, 5.41) is 0. The lowest BCUT2D eigenvalue weighted by molar-refractivity contribution is -0.261. The lowest BCUT2D eigenvalue weighted by Crippen LogP contribution is -2.59. The van der Waals surface area contributed by atoms with Gasteiger partial charge in [-0.25, -0.2) is 13.8 Å². The monoisotopic (exact) mass is 406 g/mol. The fraction of sp³-hybridized carbons (Fsp3) is 0.500. The standard InChI is InChI=1S/C20H24F2N4O3/c1-24-7-5-23-18(24)12-25-6-2-9-28-20(13-25)14-26(8-10-29-20)19(27)15-3-4-16(21)17(22)11-15/h3-5,7,11H,2,6,8-10,12-14H2,1H3. The van der Waals surface area contributed by atoms with Crippen molar-refractivity contribution in [3.8, 4) is 0 Å². The second-order valence-corrected chi connectivity index (χ2v) is 7.48. The molecule has 1 aromatic carbocycles. The number of benzene rings is 1. The van der Waals surface area contributed by atoms with Crippen LogP contribution >= 0.6 is 0 Å². The van der Waals surface area contributed by atoms with Crippen molar-refractivity contribution in [1.82, 2.24) is 19.4 Å². The molecule has 0 radical (unpaired) electrons. The summed E-state index contributed by atoms with van der Waals surface area (Å²) >= 11 is 0. The van der Waals surface area contributed by atoms with Crippen LogP contribution < -0.4 is 0 Å². The zero-order chi connectivity index (χ0) is 20.4. The zero-order valence-electron chi connectivity index (χ0n) is 16.3. The Bertz CT molecular complexity index is 890. The highest BCUT2D eigenvalue weighted by Gasteiger charge is 2.42. The summed E-state index contributed by atoms with van der Waals surface area (Å²) in [7, 11) is 1.95. The Labute approximate surface area is 167 Å². The number of aryl methyl sites for hydroxylation is 1. The van der Waals surface area contributed by atoms with Gasteiger partial charge in [-0.3, -0.25) is 9.69 Å². The summed E-state index contributed by atoms with van der Waals surface area (Å²) in [6.07, 6.45) is 4.50. The van der Waals surface area contributed by atoms with Crippen LogP contribution in [-0.4, -0.2) is 70.4 Å². The largest absolute Gasteiger partial charge is 0.347 e. The third-order valence-electron chi connectivity index (χ3n) is 5.35. The number of halogens is 2. The molecule has 2 saturated heterocycles. The fourth-order valence-corrected chi connectivity index (χ4v) is 3.82. The van der Waals surface area contributed by atoms with E-state index in [-0.39, 0.29) is 18.0 Å². The summed E-state index contributed by atoms with van der Waals surface area (Å²) in [5.41, 5.74) is 0.111. The fourth-order valence-electron chi connectivity index (χ4n) is 3.82.